The van der Waals surface area contributed by atoms with Gasteiger partial charge in [0.2, 0.25) is 0 Å². The van der Waals surface area contributed by atoms with Crippen LogP contribution in [0.25, 0.3) is 0 Å². The molecule has 0 aliphatic heterocycles. The molecular weight excluding hydrogens is 455 g/mol. The first kappa shape index (κ1) is 32.0. The number of carbonyl (C=O) groups is 2. The molecular formula is C22H43O10P. The lowest BCUT2D eigenvalue weighted by atomic mass is 10.1. The predicted octanol–water partition coefficient (Wildman–Crippen LogP) is 3.65. The molecule has 3 atom stereocenters. The Hall–Kier alpha value is -1.03. The van der Waals surface area contributed by atoms with Gasteiger partial charge in [0.25, 0.3) is 0 Å². The Morgan fingerprint density at radius 2 is 1.18 bits per heavy atom. The molecule has 3 N–H and O–H groups in total. The highest BCUT2D eigenvalue weighted by Crippen LogP contribution is 2.43. The number of esters is 2. The topological polar surface area (TPSA) is 149 Å². The second kappa shape index (κ2) is 20.4. The van der Waals surface area contributed by atoms with Gasteiger partial charge in [-0.05, 0) is 6.42 Å². The summed E-state index contributed by atoms with van der Waals surface area (Å²) in [4.78, 5) is 32.4. The minimum atomic E-state index is -4.57. The molecule has 0 amide bonds. The first-order valence-corrected chi connectivity index (χ1v) is 13.4. The summed E-state index contributed by atoms with van der Waals surface area (Å²) >= 11 is 0. The zero-order valence-electron chi connectivity index (χ0n) is 20.1. The average molecular weight is 499 g/mol. The Balaban J connectivity index is 3.94. The molecule has 0 spiro atoms. The molecule has 0 saturated carbocycles. The van der Waals surface area contributed by atoms with Gasteiger partial charge in [-0.25, -0.2) is 4.57 Å². The number of aliphatic hydroxyl groups excluding tert-OH is 2. The lowest BCUT2D eigenvalue weighted by molar-refractivity contribution is -0.153. The summed E-state index contributed by atoms with van der Waals surface area (Å²) in [5.74, 6) is -1.20. The Labute approximate surface area is 197 Å². The molecule has 3 unspecified atom stereocenters. The Morgan fingerprint density at radius 3 is 1.61 bits per heavy atom. The molecule has 0 aliphatic carbocycles. The van der Waals surface area contributed by atoms with Gasteiger partial charge in [-0.1, -0.05) is 71.1 Å². The Kier molecular flexibility index (Phi) is 19.7. The van der Waals surface area contributed by atoms with Gasteiger partial charge in [-0.15, -0.1) is 0 Å². The maximum atomic E-state index is 11.9. The molecule has 0 aromatic rings. The summed E-state index contributed by atoms with van der Waals surface area (Å²) < 4.78 is 31.0. The summed E-state index contributed by atoms with van der Waals surface area (Å²) in [6, 6.07) is 0. The third-order valence-corrected chi connectivity index (χ3v) is 5.82. The maximum absolute atomic E-state index is 11.9. The van der Waals surface area contributed by atoms with Crippen LogP contribution in [0, 0.1) is 0 Å². The van der Waals surface area contributed by atoms with Crippen LogP contribution >= 0.6 is 7.82 Å². The molecule has 196 valence electrons. The van der Waals surface area contributed by atoms with E-state index in [2.05, 4.69) is 16.2 Å². The quantitative estimate of drug-likeness (QED) is 0.115. The fourth-order valence-corrected chi connectivity index (χ4v) is 3.84. The number of rotatable bonds is 22. The number of phosphoric acid groups is 1. The Morgan fingerprint density at radius 1 is 0.758 bits per heavy atom. The molecule has 10 nitrogen and oxygen atoms in total. The average Bonchev–Trinajstić information content (AvgIpc) is 2.77. The molecule has 0 heterocycles. The Bertz CT molecular complexity index is 557. The highest BCUT2D eigenvalue weighted by Gasteiger charge is 2.27. The molecule has 0 bridgehead atoms. The number of carbonyl (C=O) groups excluding carboxylic acids is 2. The van der Waals surface area contributed by atoms with Crippen molar-refractivity contribution in [2.45, 2.75) is 103 Å². The van der Waals surface area contributed by atoms with Gasteiger partial charge in [-0.3, -0.25) is 18.6 Å². The number of unbranched alkanes of at least 4 members (excludes halogenated alkanes) is 10. The third kappa shape index (κ3) is 20.1. The van der Waals surface area contributed by atoms with Crippen molar-refractivity contribution in [1.29, 1.82) is 0 Å². The van der Waals surface area contributed by atoms with Crippen LogP contribution in [0.4, 0.5) is 0 Å². The van der Waals surface area contributed by atoms with Crippen LogP contribution in [-0.4, -0.2) is 65.7 Å². The lowest BCUT2D eigenvalue weighted by Crippen LogP contribution is -2.28. The van der Waals surface area contributed by atoms with E-state index in [0.29, 0.717) is 6.42 Å². The van der Waals surface area contributed by atoms with E-state index in [1.54, 1.807) is 0 Å². The van der Waals surface area contributed by atoms with E-state index < -0.39 is 58.4 Å². The van der Waals surface area contributed by atoms with Crippen molar-refractivity contribution in [1.82, 2.24) is 0 Å². The third-order valence-electron chi connectivity index (χ3n) is 4.87. The van der Waals surface area contributed by atoms with E-state index in [9.17, 15) is 24.2 Å². The number of hydrogen-bond acceptors (Lipinski definition) is 9. The van der Waals surface area contributed by atoms with Crippen molar-refractivity contribution >= 4 is 19.8 Å². The molecule has 11 heteroatoms. The molecule has 0 saturated heterocycles. The van der Waals surface area contributed by atoms with Gasteiger partial charge in [0.05, 0.1) is 26.4 Å². The van der Waals surface area contributed by atoms with Gasteiger partial charge in [0.15, 0.2) is 0 Å². The van der Waals surface area contributed by atoms with E-state index in [4.69, 9.17) is 14.4 Å². The van der Waals surface area contributed by atoms with E-state index >= 15 is 0 Å². The largest absolute Gasteiger partial charge is 0.472 e. The summed E-state index contributed by atoms with van der Waals surface area (Å²) in [6.07, 6.45) is 10.7. The van der Waals surface area contributed by atoms with Gasteiger partial charge >= 0.3 is 19.8 Å². The summed E-state index contributed by atoms with van der Waals surface area (Å²) in [7, 11) is -4.57. The van der Waals surface area contributed by atoms with Crippen LogP contribution in [0.5, 0.6) is 0 Å². The first-order chi connectivity index (χ1) is 15.7. The fraction of sp³-hybridized carbons (Fsp3) is 0.909. The summed E-state index contributed by atoms with van der Waals surface area (Å²) in [5.41, 5.74) is 0. The van der Waals surface area contributed by atoms with Crippen molar-refractivity contribution in [3.63, 3.8) is 0 Å². The van der Waals surface area contributed by atoms with E-state index in [-0.39, 0.29) is 6.42 Å². The molecule has 0 rings (SSSR count). The van der Waals surface area contributed by atoms with Crippen molar-refractivity contribution in [3.05, 3.63) is 0 Å². The van der Waals surface area contributed by atoms with Gasteiger partial charge in [0, 0.05) is 13.3 Å². The first-order valence-electron chi connectivity index (χ1n) is 11.9. The zero-order chi connectivity index (χ0) is 25.0. The molecule has 33 heavy (non-hydrogen) atoms. The van der Waals surface area contributed by atoms with Gasteiger partial charge < -0.3 is 24.6 Å². The van der Waals surface area contributed by atoms with E-state index in [1.807, 2.05) is 0 Å². The molecule has 0 fully saturated rings. The number of aliphatic hydroxyl groups is 2. The SMILES string of the molecule is CCCCCCCCCCCCCC(=O)OC(CO)COP(=O)(O)OCC(CO)OC(C)=O. The van der Waals surface area contributed by atoms with E-state index in [1.165, 1.54) is 44.9 Å². The number of phosphoric ester groups is 1. The highest BCUT2D eigenvalue weighted by molar-refractivity contribution is 7.47. The maximum Gasteiger partial charge on any atom is 0.472 e. The van der Waals surface area contributed by atoms with Crippen LogP contribution in [0.2, 0.25) is 0 Å². The zero-order valence-corrected chi connectivity index (χ0v) is 21.0. The summed E-state index contributed by atoms with van der Waals surface area (Å²) in [6.45, 7) is 1.03. The van der Waals surface area contributed by atoms with Gasteiger partial charge in [0.1, 0.15) is 12.2 Å². The molecule has 0 radical (unpaired) electrons. The smallest absolute Gasteiger partial charge is 0.458 e. The van der Waals surface area contributed by atoms with Gasteiger partial charge in [-0.2, -0.15) is 0 Å². The van der Waals surface area contributed by atoms with Crippen molar-refractivity contribution in [3.8, 4) is 0 Å². The van der Waals surface area contributed by atoms with E-state index in [0.717, 1.165) is 26.2 Å². The number of hydrogen-bond donors (Lipinski definition) is 3. The number of ether oxygens (including phenoxy) is 2. The van der Waals surface area contributed by atoms with Crippen LogP contribution in [0.1, 0.15) is 90.9 Å². The van der Waals surface area contributed by atoms with Crippen LogP contribution in [0.15, 0.2) is 0 Å². The minimum absolute atomic E-state index is 0.196. The standard InChI is InChI=1S/C22H43O10P/c1-3-4-5-6-7-8-9-10-11-12-13-14-22(26)32-21(16-24)18-30-33(27,28)29-17-20(15-23)31-19(2)25/h20-21,23-24H,3-18H2,1-2H3,(H,27,28). The van der Waals surface area contributed by atoms with Crippen molar-refractivity contribution < 1.29 is 47.8 Å². The fourth-order valence-electron chi connectivity index (χ4n) is 3.05. The highest BCUT2D eigenvalue weighted by atomic mass is 31.2. The minimum Gasteiger partial charge on any atom is -0.458 e. The molecule has 0 aromatic carbocycles. The van der Waals surface area contributed by atoms with Crippen molar-refractivity contribution in [2.75, 3.05) is 26.4 Å². The normalized spacial score (nSPS) is 14.9. The van der Waals surface area contributed by atoms with Crippen LogP contribution in [-0.2, 0) is 32.7 Å². The predicted molar refractivity (Wildman–Crippen MR) is 122 cm³/mol. The van der Waals surface area contributed by atoms with Crippen LogP contribution < -0.4 is 0 Å². The second-order valence-corrected chi connectivity index (χ2v) is 9.51. The molecule has 0 aromatic heterocycles. The van der Waals surface area contributed by atoms with Crippen molar-refractivity contribution in [2.24, 2.45) is 0 Å². The lowest BCUT2D eigenvalue weighted by Gasteiger charge is -2.20. The van der Waals surface area contributed by atoms with Crippen LogP contribution in [0.3, 0.4) is 0 Å². The summed E-state index contributed by atoms with van der Waals surface area (Å²) in [5, 5.41) is 18.4. The second-order valence-electron chi connectivity index (χ2n) is 8.05. The monoisotopic (exact) mass is 498 g/mol. The molecule has 0 aliphatic rings.